The zero-order valence-electron chi connectivity index (χ0n) is 15.3. The third-order valence-electron chi connectivity index (χ3n) is 4.80. The molecule has 0 aliphatic carbocycles. The highest BCUT2D eigenvalue weighted by Crippen LogP contribution is 2.37. The van der Waals surface area contributed by atoms with Crippen LogP contribution in [0.15, 0.2) is 65.9 Å². The van der Waals surface area contributed by atoms with E-state index in [1.54, 1.807) is 24.3 Å². The van der Waals surface area contributed by atoms with Gasteiger partial charge < -0.3 is 10.0 Å². The molecule has 1 unspecified atom stereocenters. The third-order valence-corrected chi connectivity index (χ3v) is 4.80. The van der Waals surface area contributed by atoms with E-state index in [-0.39, 0.29) is 17.1 Å². The van der Waals surface area contributed by atoms with E-state index in [1.165, 1.54) is 18.7 Å². The summed E-state index contributed by atoms with van der Waals surface area (Å²) in [5.74, 6) is -1.44. The minimum atomic E-state index is -0.653. The van der Waals surface area contributed by atoms with Gasteiger partial charge in [0.1, 0.15) is 0 Å². The number of nitrogens with zero attached hydrogens (tertiary/aromatic N) is 1. The Bertz CT molecular complexity index is 913. The summed E-state index contributed by atoms with van der Waals surface area (Å²) < 4.78 is 0. The van der Waals surface area contributed by atoms with Crippen LogP contribution in [0.3, 0.4) is 0 Å². The minimum absolute atomic E-state index is 0.0600. The summed E-state index contributed by atoms with van der Waals surface area (Å²) in [6.45, 7) is 3.19. The Labute approximate surface area is 157 Å². The summed E-state index contributed by atoms with van der Waals surface area (Å²) in [6.07, 6.45) is 0.604. The van der Waals surface area contributed by atoms with Crippen molar-refractivity contribution < 1.29 is 19.5 Å². The van der Waals surface area contributed by atoms with Crippen molar-refractivity contribution in [1.82, 2.24) is 4.90 Å². The van der Waals surface area contributed by atoms with Crippen molar-refractivity contribution in [3.05, 3.63) is 82.6 Å². The average Bonchev–Trinajstić information content (AvgIpc) is 2.92. The van der Waals surface area contributed by atoms with Crippen LogP contribution in [0.5, 0.6) is 0 Å². The zero-order valence-corrected chi connectivity index (χ0v) is 15.3. The van der Waals surface area contributed by atoms with Gasteiger partial charge in [0.2, 0.25) is 0 Å². The molecule has 5 heteroatoms. The quantitative estimate of drug-likeness (QED) is 0.798. The van der Waals surface area contributed by atoms with Gasteiger partial charge in [0.05, 0.1) is 11.6 Å². The number of aliphatic hydroxyl groups excluding tert-OH is 1. The van der Waals surface area contributed by atoms with Gasteiger partial charge in [-0.05, 0) is 31.4 Å². The minimum Gasteiger partial charge on any atom is -0.503 e. The number of hydrogen-bond donors (Lipinski definition) is 1. The fourth-order valence-corrected chi connectivity index (χ4v) is 3.38. The van der Waals surface area contributed by atoms with Crippen LogP contribution in [0.25, 0.3) is 0 Å². The standard InChI is InChI=1S/C22H21NO4/c1-14(24)17-8-10-18(11-9-17)20-19(15(2)25)21(26)22(27)23(20)13-12-16-6-4-3-5-7-16/h3-11,20,26H,12-13H2,1-2H3. The van der Waals surface area contributed by atoms with Gasteiger partial charge in [0.15, 0.2) is 17.3 Å². The van der Waals surface area contributed by atoms with E-state index >= 15 is 0 Å². The molecule has 5 nitrogen and oxygen atoms in total. The number of hydrogen-bond acceptors (Lipinski definition) is 4. The van der Waals surface area contributed by atoms with Gasteiger partial charge in [-0.15, -0.1) is 0 Å². The lowest BCUT2D eigenvalue weighted by molar-refractivity contribution is -0.129. The topological polar surface area (TPSA) is 74.7 Å². The number of aliphatic hydroxyl groups is 1. The highest BCUT2D eigenvalue weighted by Gasteiger charge is 2.42. The molecule has 2 aromatic carbocycles. The Balaban J connectivity index is 1.94. The lowest BCUT2D eigenvalue weighted by atomic mass is 9.95. The van der Waals surface area contributed by atoms with Crippen LogP contribution in [0.2, 0.25) is 0 Å². The molecule has 27 heavy (non-hydrogen) atoms. The highest BCUT2D eigenvalue weighted by atomic mass is 16.3. The molecule has 0 bridgehead atoms. The number of rotatable bonds is 6. The summed E-state index contributed by atoms with van der Waals surface area (Å²) in [6, 6.07) is 15.9. The van der Waals surface area contributed by atoms with E-state index in [9.17, 15) is 19.5 Å². The van der Waals surface area contributed by atoms with Crippen molar-refractivity contribution in [2.24, 2.45) is 0 Å². The van der Waals surface area contributed by atoms with Crippen LogP contribution < -0.4 is 0 Å². The van der Waals surface area contributed by atoms with Crippen molar-refractivity contribution in [3.63, 3.8) is 0 Å². The molecule has 0 radical (unpaired) electrons. The van der Waals surface area contributed by atoms with Gasteiger partial charge in [-0.25, -0.2) is 0 Å². The molecule has 0 saturated carbocycles. The Kier molecular flexibility index (Phi) is 5.21. The van der Waals surface area contributed by atoms with Crippen molar-refractivity contribution >= 4 is 17.5 Å². The predicted molar refractivity (Wildman–Crippen MR) is 101 cm³/mol. The first-order valence-corrected chi connectivity index (χ1v) is 8.80. The van der Waals surface area contributed by atoms with Crippen molar-refractivity contribution in [2.75, 3.05) is 6.54 Å². The number of ketones is 2. The Morgan fingerprint density at radius 3 is 2.15 bits per heavy atom. The molecule has 1 amide bonds. The van der Waals surface area contributed by atoms with Crippen molar-refractivity contribution in [1.29, 1.82) is 0 Å². The van der Waals surface area contributed by atoms with Gasteiger partial charge in [0, 0.05) is 12.1 Å². The number of carbonyl (C=O) groups is 3. The van der Waals surface area contributed by atoms with Crippen molar-refractivity contribution in [3.8, 4) is 0 Å². The lowest BCUT2D eigenvalue weighted by Gasteiger charge is -2.26. The van der Waals surface area contributed by atoms with E-state index in [2.05, 4.69) is 0 Å². The normalized spacial score (nSPS) is 16.7. The van der Waals surface area contributed by atoms with E-state index in [0.29, 0.717) is 24.1 Å². The summed E-state index contributed by atoms with van der Waals surface area (Å²) in [4.78, 5) is 37.8. The first-order valence-electron chi connectivity index (χ1n) is 8.80. The highest BCUT2D eigenvalue weighted by molar-refractivity contribution is 6.08. The maximum Gasteiger partial charge on any atom is 0.290 e. The van der Waals surface area contributed by atoms with Crippen LogP contribution in [0.1, 0.15) is 41.4 Å². The molecular weight excluding hydrogens is 342 g/mol. The monoisotopic (exact) mass is 363 g/mol. The van der Waals surface area contributed by atoms with E-state index < -0.39 is 17.7 Å². The van der Waals surface area contributed by atoms with Crippen LogP contribution >= 0.6 is 0 Å². The molecule has 0 spiro atoms. The maximum atomic E-state index is 12.6. The Morgan fingerprint density at radius 1 is 0.963 bits per heavy atom. The Hall–Kier alpha value is -3.21. The number of Topliss-reactive ketones (excluding diaryl/α,β-unsaturated/α-hetero) is 2. The fraction of sp³-hybridized carbons (Fsp3) is 0.227. The molecular formula is C22H21NO4. The fourth-order valence-electron chi connectivity index (χ4n) is 3.38. The van der Waals surface area contributed by atoms with Gasteiger partial charge >= 0.3 is 0 Å². The maximum absolute atomic E-state index is 12.6. The number of amides is 1. The molecule has 1 atom stereocenters. The van der Waals surface area contributed by atoms with E-state index in [4.69, 9.17) is 0 Å². The molecule has 0 fully saturated rings. The summed E-state index contributed by atoms with van der Waals surface area (Å²) >= 11 is 0. The number of benzene rings is 2. The largest absolute Gasteiger partial charge is 0.503 e. The lowest BCUT2D eigenvalue weighted by Crippen LogP contribution is -2.33. The van der Waals surface area contributed by atoms with Crippen LogP contribution in [-0.2, 0) is 16.0 Å². The molecule has 2 aromatic rings. The van der Waals surface area contributed by atoms with Crippen molar-refractivity contribution in [2.45, 2.75) is 26.3 Å². The molecule has 3 rings (SSSR count). The first-order chi connectivity index (χ1) is 12.9. The Morgan fingerprint density at radius 2 is 1.59 bits per heavy atom. The second kappa shape index (κ2) is 7.58. The van der Waals surface area contributed by atoms with Gasteiger partial charge in [-0.1, -0.05) is 54.6 Å². The second-order valence-electron chi connectivity index (χ2n) is 6.63. The van der Waals surface area contributed by atoms with Gasteiger partial charge in [-0.2, -0.15) is 0 Å². The average molecular weight is 363 g/mol. The second-order valence-corrected chi connectivity index (χ2v) is 6.63. The molecule has 1 N–H and O–H groups in total. The molecule has 0 saturated heterocycles. The number of carbonyl (C=O) groups excluding carboxylic acids is 3. The molecule has 138 valence electrons. The third kappa shape index (κ3) is 3.67. The summed E-state index contributed by atoms with van der Waals surface area (Å²) in [5, 5.41) is 10.3. The van der Waals surface area contributed by atoms with Crippen LogP contribution in [-0.4, -0.2) is 34.0 Å². The summed E-state index contributed by atoms with van der Waals surface area (Å²) in [5.41, 5.74) is 2.41. The zero-order chi connectivity index (χ0) is 19.6. The van der Waals surface area contributed by atoms with Crippen LogP contribution in [0.4, 0.5) is 0 Å². The van der Waals surface area contributed by atoms with Crippen LogP contribution in [0, 0.1) is 0 Å². The smallest absolute Gasteiger partial charge is 0.290 e. The SMILES string of the molecule is CC(=O)C1=C(O)C(=O)N(CCc2ccccc2)C1c1ccc(C(C)=O)cc1. The summed E-state index contributed by atoms with van der Waals surface area (Å²) in [7, 11) is 0. The molecule has 1 heterocycles. The molecule has 1 aliphatic rings. The van der Waals surface area contributed by atoms with Gasteiger partial charge in [0.25, 0.3) is 5.91 Å². The molecule has 1 aliphatic heterocycles. The van der Waals surface area contributed by atoms with E-state index in [0.717, 1.165) is 5.56 Å². The molecule has 0 aromatic heterocycles. The van der Waals surface area contributed by atoms with E-state index in [1.807, 2.05) is 30.3 Å². The van der Waals surface area contributed by atoms with Gasteiger partial charge in [-0.3, -0.25) is 14.4 Å². The first kappa shape index (κ1) is 18.6. The predicted octanol–water partition coefficient (Wildman–Crippen LogP) is 3.42.